The Bertz CT molecular complexity index is 484. The Labute approximate surface area is 117 Å². The molecule has 1 aliphatic rings. The molecule has 0 atom stereocenters. The predicted molar refractivity (Wildman–Crippen MR) is 73.3 cm³/mol. The van der Waals surface area contributed by atoms with Gasteiger partial charge in [-0.3, -0.25) is 4.79 Å². The summed E-state index contributed by atoms with van der Waals surface area (Å²) in [6.07, 6.45) is 3.32. The SMILES string of the molecule is CCOc1c(F)cccc1C(=O)NCC1(O)CCCC1. The second kappa shape index (κ2) is 6.22. The molecule has 1 aliphatic carbocycles. The highest BCUT2D eigenvalue weighted by atomic mass is 19.1. The zero-order chi connectivity index (χ0) is 14.6. The van der Waals surface area contributed by atoms with E-state index in [2.05, 4.69) is 5.32 Å². The maximum atomic E-state index is 13.7. The standard InChI is InChI=1S/C15H20FNO3/c1-2-20-13-11(6-5-7-12(13)16)14(18)17-10-15(19)8-3-4-9-15/h5-7,19H,2-4,8-10H2,1H3,(H,17,18). The number of carbonyl (C=O) groups excluding carboxylic acids is 1. The smallest absolute Gasteiger partial charge is 0.255 e. The van der Waals surface area contributed by atoms with Gasteiger partial charge in [0.1, 0.15) is 0 Å². The number of ether oxygens (including phenoxy) is 1. The first-order valence-electron chi connectivity index (χ1n) is 6.97. The number of aliphatic hydroxyl groups is 1. The van der Waals surface area contributed by atoms with Gasteiger partial charge in [-0.1, -0.05) is 18.9 Å². The minimum atomic E-state index is -0.825. The number of hydrogen-bond acceptors (Lipinski definition) is 3. The highest BCUT2D eigenvalue weighted by Crippen LogP contribution is 2.29. The van der Waals surface area contributed by atoms with Crippen molar-refractivity contribution < 1.29 is 19.0 Å². The van der Waals surface area contributed by atoms with Crippen LogP contribution in [-0.2, 0) is 0 Å². The number of carbonyl (C=O) groups is 1. The van der Waals surface area contributed by atoms with Gasteiger partial charge in [-0.25, -0.2) is 4.39 Å². The van der Waals surface area contributed by atoms with Gasteiger partial charge in [0.05, 0.1) is 17.8 Å². The van der Waals surface area contributed by atoms with E-state index in [0.29, 0.717) is 12.8 Å². The van der Waals surface area contributed by atoms with Crippen LogP contribution in [-0.4, -0.2) is 29.8 Å². The normalized spacial score (nSPS) is 16.9. The molecule has 0 spiro atoms. The Hall–Kier alpha value is -1.62. The Morgan fingerprint density at radius 1 is 1.45 bits per heavy atom. The molecular weight excluding hydrogens is 261 g/mol. The number of benzene rings is 1. The first-order chi connectivity index (χ1) is 9.56. The Kier molecular flexibility index (Phi) is 4.60. The van der Waals surface area contributed by atoms with Crippen LogP contribution in [0.1, 0.15) is 43.0 Å². The molecule has 1 amide bonds. The van der Waals surface area contributed by atoms with Gasteiger partial charge >= 0.3 is 0 Å². The molecule has 1 aromatic carbocycles. The van der Waals surface area contributed by atoms with Crippen molar-refractivity contribution in [2.75, 3.05) is 13.2 Å². The van der Waals surface area contributed by atoms with Crippen molar-refractivity contribution in [2.24, 2.45) is 0 Å². The Morgan fingerprint density at radius 2 is 2.15 bits per heavy atom. The minimum Gasteiger partial charge on any atom is -0.490 e. The van der Waals surface area contributed by atoms with E-state index >= 15 is 0 Å². The van der Waals surface area contributed by atoms with E-state index in [1.165, 1.54) is 18.2 Å². The van der Waals surface area contributed by atoms with E-state index in [9.17, 15) is 14.3 Å². The number of para-hydroxylation sites is 1. The van der Waals surface area contributed by atoms with Gasteiger partial charge in [0.2, 0.25) is 0 Å². The lowest BCUT2D eigenvalue weighted by atomic mass is 10.0. The van der Waals surface area contributed by atoms with Crippen molar-refractivity contribution in [1.82, 2.24) is 5.32 Å². The van der Waals surface area contributed by atoms with E-state index in [1.807, 2.05) is 0 Å². The average molecular weight is 281 g/mol. The van der Waals surface area contributed by atoms with Crippen molar-refractivity contribution >= 4 is 5.91 Å². The molecule has 20 heavy (non-hydrogen) atoms. The van der Waals surface area contributed by atoms with Gasteiger partial charge < -0.3 is 15.2 Å². The molecule has 1 saturated carbocycles. The Morgan fingerprint density at radius 3 is 2.80 bits per heavy atom. The van der Waals surface area contributed by atoms with Crippen molar-refractivity contribution in [3.8, 4) is 5.75 Å². The quantitative estimate of drug-likeness (QED) is 0.870. The molecule has 1 fully saturated rings. The summed E-state index contributed by atoms with van der Waals surface area (Å²) < 4.78 is 18.8. The Balaban J connectivity index is 2.07. The molecule has 5 heteroatoms. The highest BCUT2D eigenvalue weighted by Gasteiger charge is 2.31. The average Bonchev–Trinajstić information content (AvgIpc) is 2.86. The first-order valence-corrected chi connectivity index (χ1v) is 6.97. The highest BCUT2D eigenvalue weighted by molar-refractivity contribution is 5.97. The van der Waals surface area contributed by atoms with Crippen molar-refractivity contribution in [2.45, 2.75) is 38.2 Å². The monoisotopic (exact) mass is 281 g/mol. The third kappa shape index (κ3) is 3.28. The van der Waals surface area contributed by atoms with Gasteiger partial charge in [-0.2, -0.15) is 0 Å². The zero-order valence-corrected chi connectivity index (χ0v) is 11.6. The molecule has 2 rings (SSSR count). The van der Waals surface area contributed by atoms with Crippen LogP contribution in [0, 0.1) is 5.82 Å². The van der Waals surface area contributed by atoms with Crippen LogP contribution < -0.4 is 10.1 Å². The second-order valence-corrected chi connectivity index (χ2v) is 5.16. The molecule has 0 radical (unpaired) electrons. The van der Waals surface area contributed by atoms with Gasteiger partial charge in [-0.05, 0) is 31.9 Å². The zero-order valence-electron chi connectivity index (χ0n) is 11.6. The summed E-state index contributed by atoms with van der Waals surface area (Å²) >= 11 is 0. The predicted octanol–water partition coefficient (Wildman–Crippen LogP) is 2.26. The molecule has 0 aliphatic heterocycles. The van der Waals surface area contributed by atoms with Crippen LogP contribution in [0.3, 0.4) is 0 Å². The van der Waals surface area contributed by atoms with Crippen molar-refractivity contribution in [3.63, 3.8) is 0 Å². The third-order valence-corrected chi connectivity index (χ3v) is 3.61. The lowest BCUT2D eigenvalue weighted by Crippen LogP contribution is -2.40. The minimum absolute atomic E-state index is 0.0362. The summed E-state index contributed by atoms with van der Waals surface area (Å²) in [5.74, 6) is -1.02. The molecular formula is C15H20FNO3. The molecule has 0 unspecified atom stereocenters. The van der Waals surface area contributed by atoms with Crippen LogP contribution in [0.4, 0.5) is 4.39 Å². The third-order valence-electron chi connectivity index (χ3n) is 3.61. The number of nitrogens with one attached hydrogen (secondary N) is 1. The molecule has 110 valence electrons. The molecule has 0 aromatic heterocycles. The molecule has 0 bridgehead atoms. The van der Waals surface area contributed by atoms with E-state index in [-0.39, 0.29) is 24.5 Å². The molecule has 2 N–H and O–H groups in total. The molecule has 4 nitrogen and oxygen atoms in total. The lowest BCUT2D eigenvalue weighted by molar-refractivity contribution is 0.0448. The van der Waals surface area contributed by atoms with E-state index < -0.39 is 17.3 Å². The van der Waals surface area contributed by atoms with Crippen LogP contribution in [0.25, 0.3) is 0 Å². The summed E-state index contributed by atoms with van der Waals surface area (Å²) in [6, 6.07) is 4.24. The van der Waals surface area contributed by atoms with Crippen LogP contribution in [0.5, 0.6) is 5.75 Å². The fourth-order valence-electron chi connectivity index (χ4n) is 2.53. The molecule has 1 aromatic rings. The van der Waals surface area contributed by atoms with E-state index in [1.54, 1.807) is 6.92 Å². The summed E-state index contributed by atoms with van der Waals surface area (Å²) in [6.45, 7) is 2.20. The van der Waals surface area contributed by atoms with Gasteiger partial charge in [0.15, 0.2) is 11.6 Å². The lowest BCUT2D eigenvalue weighted by Gasteiger charge is -2.22. The topological polar surface area (TPSA) is 58.6 Å². The van der Waals surface area contributed by atoms with Gasteiger partial charge in [0, 0.05) is 6.54 Å². The summed E-state index contributed by atoms with van der Waals surface area (Å²) in [5, 5.41) is 12.9. The summed E-state index contributed by atoms with van der Waals surface area (Å²) in [4.78, 5) is 12.1. The number of hydrogen-bond donors (Lipinski definition) is 2. The number of amides is 1. The fourth-order valence-corrected chi connectivity index (χ4v) is 2.53. The van der Waals surface area contributed by atoms with Crippen LogP contribution >= 0.6 is 0 Å². The largest absolute Gasteiger partial charge is 0.490 e. The summed E-state index contributed by atoms with van der Waals surface area (Å²) in [5.41, 5.74) is -0.664. The molecule has 0 heterocycles. The summed E-state index contributed by atoms with van der Waals surface area (Å²) in [7, 11) is 0. The second-order valence-electron chi connectivity index (χ2n) is 5.16. The van der Waals surface area contributed by atoms with Gasteiger partial charge in [0.25, 0.3) is 5.91 Å². The van der Waals surface area contributed by atoms with E-state index in [0.717, 1.165) is 12.8 Å². The fraction of sp³-hybridized carbons (Fsp3) is 0.533. The van der Waals surface area contributed by atoms with Crippen molar-refractivity contribution in [1.29, 1.82) is 0 Å². The van der Waals surface area contributed by atoms with E-state index in [4.69, 9.17) is 4.74 Å². The maximum absolute atomic E-state index is 13.7. The molecule has 0 saturated heterocycles. The van der Waals surface area contributed by atoms with Gasteiger partial charge in [-0.15, -0.1) is 0 Å². The first kappa shape index (κ1) is 14.8. The maximum Gasteiger partial charge on any atom is 0.255 e. The van der Waals surface area contributed by atoms with Crippen molar-refractivity contribution in [3.05, 3.63) is 29.6 Å². The number of rotatable bonds is 5. The van der Waals surface area contributed by atoms with Crippen LogP contribution in [0.15, 0.2) is 18.2 Å². The van der Waals surface area contributed by atoms with Crippen LogP contribution in [0.2, 0.25) is 0 Å². The number of halogens is 1.